The summed E-state index contributed by atoms with van der Waals surface area (Å²) in [7, 11) is 4.26. The molecular weight excluding hydrogens is 329 g/mol. The van der Waals surface area contributed by atoms with Crippen molar-refractivity contribution in [2.75, 3.05) is 21.3 Å². The number of aromatic hydroxyl groups is 1. The topological polar surface area (TPSA) is 74.0 Å². The molecule has 130 valence electrons. The van der Waals surface area contributed by atoms with Crippen molar-refractivity contribution in [3.8, 4) is 45.6 Å². The lowest BCUT2D eigenvalue weighted by Gasteiger charge is -2.11. The molecule has 0 radical (unpaired) electrons. The fraction of sp³-hybridized carbons (Fsp3) is 0.167. The summed E-state index contributed by atoms with van der Waals surface area (Å²) in [5.41, 5.74) is 1.55. The maximum atomic E-state index is 14.0. The van der Waals surface area contributed by atoms with Crippen molar-refractivity contribution in [2.24, 2.45) is 0 Å². The quantitative estimate of drug-likeness (QED) is 0.756. The second-order valence-electron chi connectivity index (χ2n) is 5.11. The van der Waals surface area contributed by atoms with Gasteiger partial charge in [0.05, 0.1) is 21.3 Å². The lowest BCUT2D eigenvalue weighted by Crippen LogP contribution is -1.92. The summed E-state index contributed by atoms with van der Waals surface area (Å²) in [6.07, 6.45) is 1.26. The third kappa shape index (κ3) is 2.96. The number of hydrogen-bond acceptors (Lipinski definition) is 6. The van der Waals surface area contributed by atoms with Gasteiger partial charge in [-0.05, 0) is 30.3 Å². The highest BCUT2D eigenvalue weighted by Gasteiger charge is 2.19. The number of ether oxygens (including phenoxy) is 3. The van der Waals surface area contributed by atoms with Crippen LogP contribution in [0.25, 0.3) is 22.6 Å². The Bertz CT molecular complexity index is 881. The third-order valence-electron chi connectivity index (χ3n) is 3.73. The minimum absolute atomic E-state index is 0.116. The molecule has 0 spiro atoms. The van der Waals surface area contributed by atoms with E-state index in [2.05, 4.69) is 4.98 Å². The zero-order valence-corrected chi connectivity index (χ0v) is 13.9. The van der Waals surface area contributed by atoms with E-state index < -0.39 is 5.82 Å². The Labute approximate surface area is 143 Å². The molecule has 0 atom stereocenters. The Kier molecular flexibility index (Phi) is 4.47. The van der Waals surface area contributed by atoms with E-state index in [1.165, 1.54) is 39.9 Å². The van der Waals surface area contributed by atoms with Crippen LogP contribution in [0.15, 0.2) is 41.1 Å². The van der Waals surface area contributed by atoms with Crippen LogP contribution in [-0.4, -0.2) is 31.4 Å². The van der Waals surface area contributed by atoms with Gasteiger partial charge in [0.15, 0.2) is 35.2 Å². The zero-order chi connectivity index (χ0) is 18.0. The maximum absolute atomic E-state index is 14.0. The standard InChI is InChI=1S/C18H16FNO5/c1-22-13-5-4-10(6-12(13)19)18-16(20-9-25-18)11-7-14(23-2)17(21)15(8-11)24-3/h4-9,21H,1-3H3. The maximum Gasteiger partial charge on any atom is 0.200 e. The highest BCUT2D eigenvalue weighted by Crippen LogP contribution is 2.42. The zero-order valence-electron chi connectivity index (χ0n) is 13.9. The second kappa shape index (κ2) is 6.72. The van der Waals surface area contributed by atoms with E-state index in [0.717, 1.165) is 0 Å². The monoisotopic (exact) mass is 345 g/mol. The van der Waals surface area contributed by atoms with Crippen LogP contribution < -0.4 is 14.2 Å². The molecule has 0 saturated carbocycles. The Morgan fingerprint density at radius 3 is 2.12 bits per heavy atom. The van der Waals surface area contributed by atoms with E-state index in [4.69, 9.17) is 18.6 Å². The summed E-state index contributed by atoms with van der Waals surface area (Å²) in [4.78, 5) is 4.20. The highest BCUT2D eigenvalue weighted by atomic mass is 19.1. The summed E-state index contributed by atoms with van der Waals surface area (Å²) < 4.78 is 34.7. The average molecular weight is 345 g/mol. The molecule has 0 unspecified atom stereocenters. The van der Waals surface area contributed by atoms with Crippen LogP contribution in [0.1, 0.15) is 0 Å². The molecule has 0 aliphatic rings. The first-order valence-corrected chi connectivity index (χ1v) is 7.31. The Hall–Kier alpha value is -3.22. The van der Waals surface area contributed by atoms with Gasteiger partial charge in [-0.15, -0.1) is 0 Å². The van der Waals surface area contributed by atoms with Gasteiger partial charge in [-0.2, -0.15) is 0 Å². The van der Waals surface area contributed by atoms with Gasteiger partial charge in [-0.3, -0.25) is 0 Å². The van der Waals surface area contributed by atoms with E-state index in [1.54, 1.807) is 18.2 Å². The second-order valence-corrected chi connectivity index (χ2v) is 5.11. The van der Waals surface area contributed by atoms with Gasteiger partial charge in [-0.1, -0.05) is 0 Å². The van der Waals surface area contributed by atoms with Gasteiger partial charge >= 0.3 is 0 Å². The van der Waals surface area contributed by atoms with Crippen LogP contribution in [0.2, 0.25) is 0 Å². The molecular formula is C18H16FNO5. The molecule has 0 saturated heterocycles. The van der Waals surface area contributed by atoms with Crippen LogP contribution >= 0.6 is 0 Å². The van der Waals surface area contributed by atoms with Crippen LogP contribution in [0.4, 0.5) is 4.39 Å². The van der Waals surface area contributed by atoms with Crippen molar-refractivity contribution >= 4 is 0 Å². The molecule has 2 aromatic carbocycles. The van der Waals surface area contributed by atoms with Crippen molar-refractivity contribution in [3.05, 3.63) is 42.5 Å². The van der Waals surface area contributed by atoms with Crippen LogP contribution in [0.3, 0.4) is 0 Å². The van der Waals surface area contributed by atoms with Crippen molar-refractivity contribution in [2.45, 2.75) is 0 Å². The summed E-state index contributed by atoms with van der Waals surface area (Å²) in [5.74, 6) is 0.333. The van der Waals surface area contributed by atoms with E-state index in [9.17, 15) is 9.50 Å². The lowest BCUT2D eigenvalue weighted by atomic mass is 10.0. The molecule has 3 rings (SSSR count). The molecule has 7 heteroatoms. The number of oxazole rings is 1. The van der Waals surface area contributed by atoms with E-state index in [0.29, 0.717) is 22.6 Å². The first-order valence-electron chi connectivity index (χ1n) is 7.31. The number of phenolic OH excluding ortho intramolecular Hbond substituents is 1. The van der Waals surface area contributed by atoms with Gasteiger partial charge in [0.2, 0.25) is 5.75 Å². The molecule has 0 aliphatic heterocycles. The smallest absolute Gasteiger partial charge is 0.200 e. The molecule has 0 fully saturated rings. The van der Waals surface area contributed by atoms with E-state index in [1.807, 2.05) is 0 Å². The number of hydrogen-bond donors (Lipinski definition) is 1. The molecule has 1 heterocycles. The normalized spacial score (nSPS) is 10.6. The fourth-order valence-electron chi connectivity index (χ4n) is 2.49. The summed E-state index contributed by atoms with van der Waals surface area (Å²) in [6, 6.07) is 7.67. The molecule has 3 aromatic rings. The molecule has 0 bridgehead atoms. The first kappa shape index (κ1) is 16.6. The molecule has 6 nitrogen and oxygen atoms in total. The Balaban J connectivity index is 2.13. The lowest BCUT2D eigenvalue weighted by molar-refractivity contribution is 0.340. The Morgan fingerprint density at radius 1 is 0.920 bits per heavy atom. The number of methoxy groups -OCH3 is 3. The fourth-order valence-corrected chi connectivity index (χ4v) is 2.49. The van der Waals surface area contributed by atoms with Gasteiger partial charge in [0, 0.05) is 11.1 Å². The number of halogens is 1. The summed E-state index contributed by atoms with van der Waals surface area (Å²) in [6.45, 7) is 0. The third-order valence-corrected chi connectivity index (χ3v) is 3.73. The van der Waals surface area contributed by atoms with Crippen molar-refractivity contribution in [3.63, 3.8) is 0 Å². The summed E-state index contributed by atoms with van der Waals surface area (Å²) in [5, 5.41) is 10.0. The molecule has 25 heavy (non-hydrogen) atoms. The van der Waals surface area contributed by atoms with E-state index >= 15 is 0 Å². The van der Waals surface area contributed by atoms with Gasteiger partial charge in [-0.25, -0.2) is 9.37 Å². The summed E-state index contributed by atoms with van der Waals surface area (Å²) >= 11 is 0. The predicted octanol–water partition coefficient (Wildman–Crippen LogP) is 3.88. The van der Waals surface area contributed by atoms with Gasteiger partial charge in [0.25, 0.3) is 0 Å². The highest BCUT2D eigenvalue weighted by molar-refractivity contribution is 5.79. The van der Waals surface area contributed by atoms with Crippen molar-refractivity contribution in [1.29, 1.82) is 0 Å². The molecule has 0 amide bonds. The number of aromatic nitrogens is 1. The van der Waals surface area contributed by atoms with Crippen molar-refractivity contribution in [1.82, 2.24) is 4.98 Å². The minimum Gasteiger partial charge on any atom is -0.502 e. The van der Waals surface area contributed by atoms with E-state index in [-0.39, 0.29) is 23.0 Å². The SMILES string of the molecule is COc1ccc(-c2ocnc2-c2cc(OC)c(O)c(OC)c2)cc1F. The van der Waals surface area contributed by atoms with Crippen LogP contribution in [0.5, 0.6) is 23.0 Å². The number of nitrogens with zero attached hydrogens (tertiary/aromatic N) is 1. The van der Waals surface area contributed by atoms with Crippen molar-refractivity contribution < 1.29 is 28.1 Å². The van der Waals surface area contributed by atoms with Gasteiger partial charge < -0.3 is 23.7 Å². The number of phenols is 1. The Morgan fingerprint density at radius 2 is 1.56 bits per heavy atom. The molecule has 0 aliphatic carbocycles. The van der Waals surface area contributed by atoms with Crippen LogP contribution in [0, 0.1) is 5.82 Å². The molecule has 1 N–H and O–H groups in total. The van der Waals surface area contributed by atoms with Gasteiger partial charge in [0.1, 0.15) is 5.69 Å². The predicted molar refractivity (Wildman–Crippen MR) is 88.7 cm³/mol. The first-order chi connectivity index (χ1) is 12.1. The average Bonchev–Trinajstić information content (AvgIpc) is 3.11. The largest absolute Gasteiger partial charge is 0.502 e. The number of benzene rings is 2. The number of rotatable bonds is 5. The molecule has 1 aromatic heterocycles. The van der Waals surface area contributed by atoms with Crippen LogP contribution in [-0.2, 0) is 0 Å². The minimum atomic E-state index is -0.511.